The highest BCUT2D eigenvalue weighted by Gasteiger charge is 2.19. The number of amides is 1. The molecule has 0 unspecified atom stereocenters. The van der Waals surface area contributed by atoms with Crippen molar-refractivity contribution < 1.29 is 18.8 Å². The van der Waals surface area contributed by atoms with Gasteiger partial charge in [-0.05, 0) is 23.8 Å². The Kier molecular flexibility index (Phi) is 6.45. The first-order chi connectivity index (χ1) is 12.1. The Morgan fingerprint density at radius 2 is 2.00 bits per heavy atom. The van der Waals surface area contributed by atoms with E-state index >= 15 is 0 Å². The third-order valence-electron chi connectivity index (χ3n) is 3.25. The fourth-order valence-corrected chi connectivity index (χ4v) is 2.31. The zero-order valence-electron chi connectivity index (χ0n) is 14.5. The van der Waals surface area contributed by atoms with Crippen LogP contribution < -0.4 is 5.32 Å². The van der Waals surface area contributed by atoms with Gasteiger partial charge in [0.2, 0.25) is 5.88 Å². The number of esters is 1. The lowest BCUT2D eigenvalue weighted by Gasteiger charge is -2.12. The SMILES string of the molecule is CC(C)(C)c1cc(NC(=O)COC(=O)/C=C/c2ccc(Cl)cc2Cl)on1. The van der Waals surface area contributed by atoms with Crippen molar-refractivity contribution in [3.8, 4) is 0 Å². The molecule has 0 aliphatic carbocycles. The molecule has 0 saturated heterocycles. The average Bonchev–Trinajstić information content (AvgIpc) is 3.01. The van der Waals surface area contributed by atoms with Crippen molar-refractivity contribution in [2.45, 2.75) is 26.2 Å². The van der Waals surface area contributed by atoms with Gasteiger partial charge in [-0.2, -0.15) is 0 Å². The van der Waals surface area contributed by atoms with Gasteiger partial charge in [0, 0.05) is 27.6 Å². The van der Waals surface area contributed by atoms with E-state index in [1.165, 1.54) is 12.2 Å². The van der Waals surface area contributed by atoms with Gasteiger partial charge >= 0.3 is 5.97 Å². The second kappa shape index (κ2) is 8.38. The third-order valence-corrected chi connectivity index (χ3v) is 3.81. The van der Waals surface area contributed by atoms with E-state index in [-0.39, 0.29) is 11.3 Å². The highest BCUT2D eigenvalue weighted by atomic mass is 35.5. The first kappa shape index (κ1) is 20.0. The minimum atomic E-state index is -0.681. The van der Waals surface area contributed by atoms with Crippen LogP contribution >= 0.6 is 23.2 Å². The summed E-state index contributed by atoms with van der Waals surface area (Å²) in [4.78, 5) is 23.5. The first-order valence-electron chi connectivity index (χ1n) is 7.72. The zero-order valence-corrected chi connectivity index (χ0v) is 16.0. The summed E-state index contributed by atoms with van der Waals surface area (Å²) >= 11 is 11.8. The number of anilines is 1. The number of hydrogen-bond acceptors (Lipinski definition) is 5. The van der Waals surface area contributed by atoms with Crippen molar-refractivity contribution in [3.05, 3.63) is 51.6 Å². The molecule has 0 aliphatic heterocycles. The number of benzene rings is 1. The molecule has 0 atom stereocenters. The normalized spacial score (nSPS) is 11.6. The molecule has 0 spiro atoms. The van der Waals surface area contributed by atoms with Crippen LogP contribution in [0.4, 0.5) is 5.88 Å². The molecule has 0 radical (unpaired) electrons. The van der Waals surface area contributed by atoms with Crippen LogP contribution in [0.5, 0.6) is 0 Å². The number of rotatable bonds is 5. The molecule has 0 saturated carbocycles. The van der Waals surface area contributed by atoms with Gasteiger partial charge in [0.05, 0.1) is 5.69 Å². The number of hydrogen-bond donors (Lipinski definition) is 1. The molecule has 8 heteroatoms. The van der Waals surface area contributed by atoms with E-state index in [2.05, 4.69) is 10.5 Å². The van der Waals surface area contributed by atoms with Crippen LogP contribution in [0.1, 0.15) is 32.0 Å². The van der Waals surface area contributed by atoms with Crippen LogP contribution in [0, 0.1) is 0 Å². The molecule has 2 aromatic rings. The predicted octanol–water partition coefficient (Wildman–Crippen LogP) is 4.47. The number of carbonyl (C=O) groups is 2. The Bertz CT molecular complexity index is 838. The molecule has 26 heavy (non-hydrogen) atoms. The van der Waals surface area contributed by atoms with Crippen molar-refractivity contribution in [2.75, 3.05) is 11.9 Å². The molecular weight excluding hydrogens is 379 g/mol. The van der Waals surface area contributed by atoms with Gasteiger partial charge in [-0.15, -0.1) is 0 Å². The smallest absolute Gasteiger partial charge is 0.331 e. The Labute approximate surface area is 161 Å². The van der Waals surface area contributed by atoms with Crippen molar-refractivity contribution >= 4 is 47.0 Å². The Hall–Kier alpha value is -2.31. The standard InChI is InChI=1S/C18H18Cl2N2O4/c1-18(2,3)14-9-16(26-22-14)21-15(23)10-25-17(24)7-5-11-4-6-12(19)8-13(11)20/h4-9H,10H2,1-3H3,(H,21,23)/b7-5+. The lowest BCUT2D eigenvalue weighted by atomic mass is 9.92. The number of aromatic nitrogens is 1. The summed E-state index contributed by atoms with van der Waals surface area (Å²) in [7, 11) is 0. The number of carbonyl (C=O) groups excluding carboxylic acids is 2. The summed E-state index contributed by atoms with van der Waals surface area (Å²) in [5.74, 6) is -1.02. The van der Waals surface area contributed by atoms with E-state index < -0.39 is 18.5 Å². The van der Waals surface area contributed by atoms with Crippen LogP contribution in [-0.4, -0.2) is 23.6 Å². The Morgan fingerprint density at radius 3 is 2.62 bits per heavy atom. The number of nitrogens with zero attached hydrogens (tertiary/aromatic N) is 1. The highest BCUT2D eigenvalue weighted by Crippen LogP contribution is 2.24. The quantitative estimate of drug-likeness (QED) is 0.595. The van der Waals surface area contributed by atoms with Crippen LogP contribution in [0.25, 0.3) is 6.08 Å². The van der Waals surface area contributed by atoms with E-state index in [4.69, 9.17) is 32.5 Å². The molecule has 1 aromatic carbocycles. The van der Waals surface area contributed by atoms with E-state index in [1.807, 2.05) is 20.8 Å². The number of nitrogens with one attached hydrogen (secondary N) is 1. The van der Waals surface area contributed by atoms with Crippen molar-refractivity contribution in [2.24, 2.45) is 0 Å². The van der Waals surface area contributed by atoms with Gasteiger partial charge < -0.3 is 9.26 Å². The average molecular weight is 397 g/mol. The molecule has 1 heterocycles. The molecule has 0 aliphatic rings. The van der Waals surface area contributed by atoms with Crippen molar-refractivity contribution in [1.29, 1.82) is 0 Å². The minimum Gasteiger partial charge on any atom is -0.452 e. The topological polar surface area (TPSA) is 81.4 Å². The summed E-state index contributed by atoms with van der Waals surface area (Å²) in [6.45, 7) is 5.45. The van der Waals surface area contributed by atoms with Crippen LogP contribution in [0.3, 0.4) is 0 Å². The molecule has 1 aromatic heterocycles. The van der Waals surface area contributed by atoms with Gasteiger partial charge in [-0.25, -0.2) is 4.79 Å². The van der Waals surface area contributed by atoms with Gasteiger partial charge in [-0.3, -0.25) is 10.1 Å². The largest absolute Gasteiger partial charge is 0.452 e. The monoisotopic (exact) mass is 396 g/mol. The fraction of sp³-hybridized carbons (Fsp3) is 0.278. The summed E-state index contributed by atoms with van der Waals surface area (Å²) in [6.07, 6.45) is 2.65. The van der Waals surface area contributed by atoms with E-state index in [0.717, 1.165) is 0 Å². The molecule has 1 N–H and O–H groups in total. The van der Waals surface area contributed by atoms with Crippen molar-refractivity contribution in [1.82, 2.24) is 5.16 Å². The Morgan fingerprint density at radius 1 is 1.27 bits per heavy atom. The second-order valence-corrected chi connectivity index (χ2v) is 7.33. The van der Waals surface area contributed by atoms with Gasteiger partial charge in [0.15, 0.2) is 6.61 Å². The lowest BCUT2D eigenvalue weighted by Crippen LogP contribution is -2.19. The Balaban J connectivity index is 1.84. The molecule has 1 amide bonds. The predicted molar refractivity (Wildman–Crippen MR) is 100 cm³/mol. The zero-order chi connectivity index (χ0) is 19.3. The minimum absolute atomic E-state index is 0.194. The summed E-state index contributed by atoms with van der Waals surface area (Å²) in [6, 6.07) is 6.50. The molecule has 6 nitrogen and oxygen atoms in total. The highest BCUT2D eigenvalue weighted by molar-refractivity contribution is 6.35. The number of halogens is 2. The maximum absolute atomic E-state index is 11.8. The molecule has 0 fully saturated rings. The van der Waals surface area contributed by atoms with Crippen LogP contribution in [0.2, 0.25) is 10.0 Å². The van der Waals surface area contributed by atoms with Gasteiger partial charge in [-0.1, -0.05) is 55.2 Å². The van der Waals surface area contributed by atoms with Crippen LogP contribution in [0.15, 0.2) is 34.9 Å². The fourth-order valence-electron chi connectivity index (χ4n) is 1.84. The molecular formula is C18H18Cl2N2O4. The lowest BCUT2D eigenvalue weighted by molar-refractivity contribution is -0.142. The maximum atomic E-state index is 11.8. The molecule has 138 valence electrons. The van der Waals surface area contributed by atoms with Gasteiger partial charge in [0.1, 0.15) is 0 Å². The van der Waals surface area contributed by atoms with E-state index in [1.54, 1.807) is 24.3 Å². The maximum Gasteiger partial charge on any atom is 0.331 e. The van der Waals surface area contributed by atoms with E-state index in [0.29, 0.717) is 21.3 Å². The first-order valence-corrected chi connectivity index (χ1v) is 8.47. The molecule has 0 bridgehead atoms. The molecule has 2 rings (SSSR count). The van der Waals surface area contributed by atoms with Crippen LogP contribution in [-0.2, 0) is 19.7 Å². The van der Waals surface area contributed by atoms with Gasteiger partial charge in [0.25, 0.3) is 5.91 Å². The summed E-state index contributed by atoms with van der Waals surface area (Å²) < 4.78 is 9.90. The second-order valence-electron chi connectivity index (χ2n) is 6.48. The number of ether oxygens (including phenoxy) is 1. The van der Waals surface area contributed by atoms with E-state index in [9.17, 15) is 9.59 Å². The summed E-state index contributed by atoms with van der Waals surface area (Å²) in [5.41, 5.74) is 1.11. The summed E-state index contributed by atoms with van der Waals surface area (Å²) in [5, 5.41) is 7.25. The third kappa shape index (κ3) is 5.89. The van der Waals surface area contributed by atoms with Crippen molar-refractivity contribution in [3.63, 3.8) is 0 Å².